The average Bonchev–Trinajstić information content (AvgIpc) is 2.68. The van der Waals surface area contributed by atoms with Gasteiger partial charge in [-0.1, -0.05) is 32.0 Å². The zero-order chi connectivity index (χ0) is 12.3. The van der Waals surface area contributed by atoms with Crippen LogP contribution in [0.25, 0.3) is 0 Å². The molecule has 0 radical (unpaired) electrons. The third kappa shape index (κ3) is 3.28. The molecule has 1 atom stereocenters. The molecule has 1 unspecified atom stereocenters. The molecule has 17 heavy (non-hydrogen) atoms. The Morgan fingerprint density at radius 2 is 2.29 bits per heavy atom. The van der Waals surface area contributed by atoms with Crippen molar-refractivity contribution in [3.05, 3.63) is 0 Å². The van der Waals surface area contributed by atoms with Crippen molar-refractivity contribution in [3.8, 4) is 0 Å². The minimum absolute atomic E-state index is 0.0562. The van der Waals surface area contributed by atoms with Crippen molar-refractivity contribution in [3.63, 3.8) is 0 Å². The maximum absolute atomic E-state index is 11.8. The number of thioether (sulfide) groups is 1. The third-order valence-electron chi connectivity index (χ3n) is 2.78. The van der Waals surface area contributed by atoms with Gasteiger partial charge in [-0.05, 0) is 29.2 Å². The molecule has 0 N–H and O–H groups in total. The molecule has 1 heterocycles. The molecule has 1 saturated carbocycles. The second-order valence-electron chi connectivity index (χ2n) is 4.86. The van der Waals surface area contributed by atoms with Gasteiger partial charge in [0, 0.05) is 13.0 Å². The van der Waals surface area contributed by atoms with Crippen LogP contribution < -0.4 is 0 Å². The first-order chi connectivity index (χ1) is 8.16. The summed E-state index contributed by atoms with van der Waals surface area (Å²) in [6.45, 7) is 5.06. The fourth-order valence-electron chi connectivity index (χ4n) is 1.94. The van der Waals surface area contributed by atoms with E-state index in [2.05, 4.69) is 29.4 Å². The summed E-state index contributed by atoms with van der Waals surface area (Å²) in [5.74, 6) is 0.847. The van der Waals surface area contributed by atoms with Crippen LogP contribution in [0, 0.1) is 5.92 Å². The van der Waals surface area contributed by atoms with E-state index in [0.717, 1.165) is 31.0 Å². The van der Waals surface area contributed by atoms with Crippen molar-refractivity contribution in [2.24, 2.45) is 5.92 Å². The molecule has 0 aliphatic heterocycles. The first-order valence-electron chi connectivity index (χ1n) is 6.12. The van der Waals surface area contributed by atoms with Gasteiger partial charge in [-0.3, -0.25) is 4.79 Å². The molecule has 1 aromatic rings. The quantitative estimate of drug-likeness (QED) is 0.821. The molecule has 1 fully saturated rings. The lowest BCUT2D eigenvalue weighted by atomic mass is 9.99. The smallest absolute Gasteiger partial charge is 0.210 e. The Morgan fingerprint density at radius 3 is 3.00 bits per heavy atom. The maximum atomic E-state index is 11.8. The van der Waals surface area contributed by atoms with E-state index in [1.807, 2.05) is 0 Å². The third-order valence-corrected chi connectivity index (χ3v) is 4.07. The minimum Gasteiger partial charge on any atom is -0.298 e. The number of carbonyl (C=O) groups is 1. The van der Waals surface area contributed by atoms with Crippen LogP contribution in [0.5, 0.6) is 0 Å². The van der Waals surface area contributed by atoms with E-state index in [9.17, 15) is 4.79 Å². The monoisotopic (exact) mass is 254 g/mol. The van der Waals surface area contributed by atoms with Gasteiger partial charge in [0.1, 0.15) is 5.78 Å². The van der Waals surface area contributed by atoms with Crippen LogP contribution >= 0.6 is 11.8 Å². The van der Waals surface area contributed by atoms with Gasteiger partial charge in [-0.2, -0.15) is 0 Å². The maximum Gasteiger partial charge on any atom is 0.210 e. The van der Waals surface area contributed by atoms with E-state index in [1.165, 1.54) is 11.8 Å². The van der Waals surface area contributed by atoms with E-state index < -0.39 is 0 Å². The molecule has 1 aliphatic rings. The van der Waals surface area contributed by atoms with Gasteiger partial charge in [0.15, 0.2) is 0 Å². The molecule has 0 saturated heterocycles. The topological polar surface area (TPSA) is 60.7 Å². The Balaban J connectivity index is 2.02. The molecule has 1 aromatic heterocycles. The highest BCUT2D eigenvalue weighted by atomic mass is 32.2. The average molecular weight is 254 g/mol. The van der Waals surface area contributed by atoms with Crippen LogP contribution in [0.1, 0.15) is 39.5 Å². The second-order valence-corrected chi connectivity index (χ2v) is 6.03. The zero-order valence-electron chi connectivity index (χ0n) is 10.3. The molecular formula is C11H18N4OS. The number of hydrogen-bond acceptors (Lipinski definition) is 5. The highest BCUT2D eigenvalue weighted by molar-refractivity contribution is 8.00. The standard InChI is InChI=1S/C11H18N4OS/c1-8(2)7-15-11(12-13-14-15)17-10-6-4-3-5-9(10)16/h8,10H,3-7H2,1-2H3. The van der Waals surface area contributed by atoms with E-state index in [-0.39, 0.29) is 5.25 Å². The lowest BCUT2D eigenvalue weighted by molar-refractivity contribution is -0.119. The minimum atomic E-state index is 0.0562. The van der Waals surface area contributed by atoms with E-state index in [1.54, 1.807) is 4.68 Å². The molecule has 5 nitrogen and oxygen atoms in total. The summed E-state index contributed by atoms with van der Waals surface area (Å²) < 4.78 is 1.80. The van der Waals surface area contributed by atoms with Crippen LogP contribution in [0.4, 0.5) is 0 Å². The Morgan fingerprint density at radius 1 is 1.47 bits per heavy atom. The van der Waals surface area contributed by atoms with Crippen LogP contribution in [-0.4, -0.2) is 31.2 Å². The Kier molecular flexibility index (Phi) is 4.15. The van der Waals surface area contributed by atoms with Crippen molar-refractivity contribution in [1.29, 1.82) is 0 Å². The fourth-order valence-corrected chi connectivity index (χ4v) is 3.05. The highest BCUT2D eigenvalue weighted by Gasteiger charge is 2.25. The summed E-state index contributed by atoms with van der Waals surface area (Å²) in [7, 11) is 0. The number of tetrazole rings is 1. The van der Waals surface area contributed by atoms with Crippen LogP contribution in [0.2, 0.25) is 0 Å². The molecule has 0 aromatic carbocycles. The van der Waals surface area contributed by atoms with Crippen molar-refractivity contribution >= 4 is 17.5 Å². The van der Waals surface area contributed by atoms with Gasteiger partial charge >= 0.3 is 0 Å². The Hall–Kier alpha value is -0.910. The first kappa shape index (κ1) is 12.5. The first-order valence-corrected chi connectivity index (χ1v) is 7.00. The van der Waals surface area contributed by atoms with Gasteiger partial charge in [0.25, 0.3) is 0 Å². The Bertz CT molecular complexity index is 391. The number of Topliss-reactive ketones (excluding diaryl/α,β-unsaturated/α-hetero) is 1. The number of hydrogen-bond donors (Lipinski definition) is 0. The highest BCUT2D eigenvalue weighted by Crippen LogP contribution is 2.30. The predicted molar refractivity (Wildman–Crippen MR) is 65.8 cm³/mol. The lowest BCUT2D eigenvalue weighted by Crippen LogP contribution is -2.22. The number of carbonyl (C=O) groups excluding carboxylic acids is 1. The molecule has 1 aliphatic carbocycles. The van der Waals surface area contributed by atoms with Gasteiger partial charge in [0.2, 0.25) is 5.16 Å². The summed E-state index contributed by atoms with van der Waals surface area (Å²) in [6.07, 6.45) is 3.84. The van der Waals surface area contributed by atoms with Crippen LogP contribution in [0.15, 0.2) is 5.16 Å². The molecule has 94 valence electrons. The number of ketones is 1. The molecule has 6 heteroatoms. The molecule has 0 amide bonds. The van der Waals surface area contributed by atoms with Gasteiger partial charge in [-0.15, -0.1) is 5.10 Å². The number of nitrogens with zero attached hydrogens (tertiary/aromatic N) is 4. The van der Waals surface area contributed by atoms with Crippen molar-refractivity contribution in [1.82, 2.24) is 20.2 Å². The zero-order valence-corrected chi connectivity index (χ0v) is 11.1. The molecular weight excluding hydrogens is 236 g/mol. The largest absolute Gasteiger partial charge is 0.298 e. The normalized spacial score (nSPS) is 21.1. The van der Waals surface area contributed by atoms with Gasteiger partial charge in [0.05, 0.1) is 5.25 Å². The number of rotatable bonds is 4. The summed E-state index contributed by atoms with van der Waals surface area (Å²) in [6, 6.07) is 0. The van der Waals surface area contributed by atoms with Crippen molar-refractivity contribution in [2.75, 3.05) is 0 Å². The molecule has 2 rings (SSSR count). The summed E-state index contributed by atoms with van der Waals surface area (Å²) >= 11 is 1.53. The van der Waals surface area contributed by atoms with Gasteiger partial charge in [-0.25, -0.2) is 4.68 Å². The molecule has 0 bridgehead atoms. The summed E-state index contributed by atoms with van der Waals surface area (Å²) in [5.41, 5.74) is 0. The number of aromatic nitrogens is 4. The van der Waals surface area contributed by atoms with Crippen molar-refractivity contribution in [2.45, 2.75) is 56.5 Å². The summed E-state index contributed by atoms with van der Waals surface area (Å²) in [4.78, 5) is 11.8. The lowest BCUT2D eigenvalue weighted by Gasteiger charge is -2.19. The fraction of sp³-hybridized carbons (Fsp3) is 0.818. The predicted octanol–water partition coefficient (Wildman–Crippen LogP) is 1.93. The SMILES string of the molecule is CC(C)Cn1nnnc1SC1CCCCC1=O. The van der Waals surface area contributed by atoms with E-state index in [4.69, 9.17) is 0 Å². The van der Waals surface area contributed by atoms with Crippen LogP contribution in [-0.2, 0) is 11.3 Å². The van der Waals surface area contributed by atoms with E-state index in [0.29, 0.717) is 18.1 Å². The van der Waals surface area contributed by atoms with Gasteiger partial charge < -0.3 is 0 Å². The second kappa shape index (κ2) is 5.62. The molecule has 0 spiro atoms. The van der Waals surface area contributed by atoms with Crippen LogP contribution in [0.3, 0.4) is 0 Å². The van der Waals surface area contributed by atoms with E-state index >= 15 is 0 Å². The Labute approximate surface area is 105 Å². The van der Waals surface area contributed by atoms with Crippen molar-refractivity contribution < 1.29 is 4.79 Å². The summed E-state index contributed by atoms with van der Waals surface area (Å²) in [5, 5.41) is 12.5.